The van der Waals surface area contributed by atoms with Gasteiger partial charge in [0.1, 0.15) is 0 Å². The first-order valence-corrected chi connectivity index (χ1v) is 8.29. The van der Waals surface area contributed by atoms with Crippen LogP contribution in [0, 0.1) is 0 Å². The molecule has 0 atom stereocenters. The third-order valence-electron chi connectivity index (χ3n) is 5.08. The molecule has 0 unspecified atom stereocenters. The van der Waals surface area contributed by atoms with E-state index >= 15 is 0 Å². The average Bonchev–Trinajstić information content (AvgIpc) is 3.24. The third kappa shape index (κ3) is 2.39. The number of amides is 1. The van der Waals surface area contributed by atoms with E-state index in [4.69, 9.17) is 0 Å². The number of aromatic nitrogens is 2. The summed E-state index contributed by atoms with van der Waals surface area (Å²) in [6.45, 7) is 4.17. The molecule has 2 fully saturated rings. The van der Waals surface area contributed by atoms with Gasteiger partial charge in [-0.05, 0) is 44.8 Å². The van der Waals surface area contributed by atoms with E-state index in [0.29, 0.717) is 11.7 Å². The zero-order valence-electron chi connectivity index (χ0n) is 12.8. The lowest BCUT2D eigenvalue weighted by molar-refractivity contribution is 0.0640. The van der Waals surface area contributed by atoms with E-state index in [1.54, 1.807) is 0 Å². The number of aromatic amines is 1. The lowest BCUT2D eigenvalue weighted by Gasteiger charge is -2.36. The molecule has 1 amide bonds. The number of carbonyl (C=O) groups excluding carboxylic acids is 1. The van der Waals surface area contributed by atoms with Crippen molar-refractivity contribution in [2.75, 3.05) is 26.2 Å². The zero-order chi connectivity index (χ0) is 14.9. The van der Waals surface area contributed by atoms with Crippen LogP contribution in [-0.4, -0.2) is 58.1 Å². The predicted molar refractivity (Wildman–Crippen MR) is 85.8 cm³/mol. The predicted octanol–water partition coefficient (Wildman–Crippen LogP) is 2.26. The molecule has 2 aliphatic heterocycles. The molecule has 116 valence electrons. The van der Waals surface area contributed by atoms with Crippen molar-refractivity contribution in [1.82, 2.24) is 20.0 Å². The van der Waals surface area contributed by atoms with Gasteiger partial charge in [0.05, 0.1) is 5.52 Å². The molecule has 0 saturated carbocycles. The number of nitrogens with zero attached hydrogens (tertiary/aromatic N) is 3. The van der Waals surface area contributed by atoms with Crippen LogP contribution in [0.15, 0.2) is 24.3 Å². The van der Waals surface area contributed by atoms with Crippen LogP contribution in [0.1, 0.15) is 36.2 Å². The number of H-pyrrole nitrogens is 1. The normalized spacial score (nSPS) is 20.8. The molecular formula is C17H22N4O. The van der Waals surface area contributed by atoms with Gasteiger partial charge in [0.15, 0.2) is 5.69 Å². The molecule has 0 radical (unpaired) electrons. The molecule has 5 heteroatoms. The maximum absolute atomic E-state index is 12.7. The summed E-state index contributed by atoms with van der Waals surface area (Å²) in [7, 11) is 0. The summed E-state index contributed by atoms with van der Waals surface area (Å²) in [5, 5.41) is 8.12. The van der Waals surface area contributed by atoms with Crippen molar-refractivity contribution in [3.8, 4) is 0 Å². The Hall–Kier alpha value is -1.88. The number of hydrogen-bond acceptors (Lipinski definition) is 3. The molecule has 22 heavy (non-hydrogen) atoms. The van der Waals surface area contributed by atoms with Gasteiger partial charge in [0.25, 0.3) is 5.91 Å². The highest BCUT2D eigenvalue weighted by Gasteiger charge is 2.29. The molecule has 4 rings (SSSR count). The van der Waals surface area contributed by atoms with Gasteiger partial charge in [-0.25, -0.2) is 0 Å². The van der Waals surface area contributed by atoms with E-state index in [2.05, 4.69) is 15.1 Å². The van der Waals surface area contributed by atoms with Crippen molar-refractivity contribution in [3.63, 3.8) is 0 Å². The van der Waals surface area contributed by atoms with Gasteiger partial charge in [-0.3, -0.25) is 9.89 Å². The molecule has 0 aliphatic carbocycles. The largest absolute Gasteiger partial charge is 0.337 e. The van der Waals surface area contributed by atoms with Crippen molar-refractivity contribution in [1.29, 1.82) is 0 Å². The minimum absolute atomic E-state index is 0.0670. The Morgan fingerprint density at radius 2 is 1.82 bits per heavy atom. The van der Waals surface area contributed by atoms with Gasteiger partial charge < -0.3 is 9.80 Å². The molecule has 0 bridgehead atoms. The highest BCUT2D eigenvalue weighted by molar-refractivity contribution is 6.04. The van der Waals surface area contributed by atoms with Crippen molar-refractivity contribution < 1.29 is 4.79 Å². The number of fused-ring (bicyclic) bond motifs is 1. The van der Waals surface area contributed by atoms with Crippen LogP contribution in [0.5, 0.6) is 0 Å². The fourth-order valence-electron chi connectivity index (χ4n) is 3.82. The van der Waals surface area contributed by atoms with Gasteiger partial charge in [0.2, 0.25) is 0 Å². The van der Waals surface area contributed by atoms with E-state index in [1.165, 1.54) is 25.9 Å². The number of carbonyl (C=O) groups is 1. The summed E-state index contributed by atoms with van der Waals surface area (Å²) in [6.07, 6.45) is 4.85. The Balaban J connectivity index is 1.45. The van der Waals surface area contributed by atoms with Crippen LogP contribution in [0.25, 0.3) is 10.9 Å². The number of hydrogen-bond donors (Lipinski definition) is 1. The van der Waals surface area contributed by atoms with Crippen molar-refractivity contribution in [3.05, 3.63) is 30.0 Å². The molecular weight excluding hydrogens is 276 g/mol. The number of likely N-dealkylation sites (tertiary alicyclic amines) is 2. The van der Waals surface area contributed by atoms with Gasteiger partial charge >= 0.3 is 0 Å². The van der Waals surface area contributed by atoms with E-state index < -0.39 is 0 Å². The second kappa shape index (κ2) is 5.72. The number of piperidine rings is 1. The smallest absolute Gasteiger partial charge is 0.274 e. The maximum Gasteiger partial charge on any atom is 0.274 e. The van der Waals surface area contributed by atoms with E-state index in [9.17, 15) is 4.79 Å². The molecule has 1 aromatic carbocycles. The molecule has 1 N–H and O–H groups in total. The molecule has 3 heterocycles. The van der Waals surface area contributed by atoms with E-state index in [-0.39, 0.29) is 5.91 Å². The van der Waals surface area contributed by atoms with Gasteiger partial charge in [-0.15, -0.1) is 0 Å². The van der Waals surface area contributed by atoms with Crippen LogP contribution >= 0.6 is 0 Å². The molecule has 2 aromatic rings. The molecule has 1 aromatic heterocycles. The number of nitrogens with one attached hydrogen (secondary N) is 1. The first kappa shape index (κ1) is 13.8. The summed E-state index contributed by atoms with van der Waals surface area (Å²) in [6, 6.07) is 8.49. The van der Waals surface area contributed by atoms with Crippen molar-refractivity contribution in [2.45, 2.75) is 31.7 Å². The lowest BCUT2D eigenvalue weighted by atomic mass is 10.0. The number of benzene rings is 1. The Labute approximate surface area is 130 Å². The Morgan fingerprint density at radius 1 is 1.09 bits per heavy atom. The van der Waals surface area contributed by atoms with Crippen LogP contribution < -0.4 is 0 Å². The second-order valence-corrected chi connectivity index (χ2v) is 6.38. The standard InChI is InChI=1S/C17H22N4O/c22-17(16-14-5-1-2-6-15(14)18-19-16)21-11-7-13(8-12-21)20-9-3-4-10-20/h1-2,5-6,13H,3-4,7-12H2,(H,18,19). The first-order chi connectivity index (χ1) is 10.8. The van der Waals surface area contributed by atoms with Gasteiger partial charge in [-0.2, -0.15) is 5.10 Å². The number of para-hydroxylation sites is 1. The monoisotopic (exact) mass is 298 g/mol. The van der Waals surface area contributed by atoms with Crippen LogP contribution in [0.2, 0.25) is 0 Å². The average molecular weight is 298 g/mol. The Morgan fingerprint density at radius 3 is 2.59 bits per heavy atom. The zero-order valence-corrected chi connectivity index (χ0v) is 12.8. The quantitative estimate of drug-likeness (QED) is 0.925. The molecule has 0 spiro atoms. The molecule has 2 aliphatic rings. The summed E-state index contributed by atoms with van der Waals surface area (Å²) < 4.78 is 0. The summed E-state index contributed by atoms with van der Waals surface area (Å²) in [4.78, 5) is 17.3. The highest BCUT2D eigenvalue weighted by atomic mass is 16.2. The lowest BCUT2D eigenvalue weighted by Crippen LogP contribution is -2.46. The van der Waals surface area contributed by atoms with Gasteiger partial charge in [0, 0.05) is 24.5 Å². The minimum Gasteiger partial charge on any atom is -0.337 e. The topological polar surface area (TPSA) is 52.2 Å². The van der Waals surface area contributed by atoms with Crippen LogP contribution in [0.3, 0.4) is 0 Å². The minimum atomic E-state index is 0.0670. The number of rotatable bonds is 2. The van der Waals surface area contributed by atoms with Crippen molar-refractivity contribution in [2.24, 2.45) is 0 Å². The van der Waals surface area contributed by atoms with Crippen molar-refractivity contribution >= 4 is 16.8 Å². The third-order valence-corrected chi connectivity index (χ3v) is 5.08. The second-order valence-electron chi connectivity index (χ2n) is 6.38. The fraction of sp³-hybridized carbons (Fsp3) is 0.529. The molecule has 5 nitrogen and oxygen atoms in total. The van der Waals surface area contributed by atoms with Crippen LogP contribution in [0.4, 0.5) is 0 Å². The van der Waals surface area contributed by atoms with Crippen LogP contribution in [-0.2, 0) is 0 Å². The van der Waals surface area contributed by atoms with Gasteiger partial charge in [-0.1, -0.05) is 18.2 Å². The maximum atomic E-state index is 12.7. The Bertz CT molecular complexity index is 666. The Kier molecular flexibility index (Phi) is 3.58. The highest BCUT2D eigenvalue weighted by Crippen LogP contribution is 2.23. The first-order valence-electron chi connectivity index (χ1n) is 8.29. The molecule has 2 saturated heterocycles. The summed E-state index contributed by atoms with van der Waals surface area (Å²) >= 11 is 0. The van der Waals surface area contributed by atoms with E-state index in [0.717, 1.165) is 36.8 Å². The summed E-state index contributed by atoms with van der Waals surface area (Å²) in [5.74, 6) is 0.0670. The SMILES string of the molecule is O=C(c1n[nH]c2ccccc12)N1CCC(N2CCCC2)CC1. The van der Waals surface area contributed by atoms with E-state index in [1.807, 2.05) is 29.2 Å². The fourth-order valence-corrected chi connectivity index (χ4v) is 3.82. The summed E-state index contributed by atoms with van der Waals surface area (Å²) in [5.41, 5.74) is 1.49.